The summed E-state index contributed by atoms with van der Waals surface area (Å²) >= 11 is 5.46. The fourth-order valence-electron chi connectivity index (χ4n) is 0.698. The van der Waals surface area contributed by atoms with Crippen molar-refractivity contribution in [2.75, 3.05) is 13.0 Å². The molecular weight excluding hydrogens is 188 g/mol. The molecular formula is C9H9ClN2O. The van der Waals surface area contributed by atoms with Crippen LogP contribution in [0.2, 0.25) is 0 Å². The molecule has 0 bridgehead atoms. The summed E-state index contributed by atoms with van der Waals surface area (Å²) in [6.45, 7) is 0. The van der Waals surface area contributed by atoms with E-state index in [9.17, 15) is 0 Å². The molecule has 13 heavy (non-hydrogen) atoms. The topological polar surface area (TPSA) is 35.0 Å². The minimum absolute atomic E-state index is 0.350. The molecule has 1 rings (SSSR count). The Morgan fingerprint density at radius 1 is 1.46 bits per heavy atom. The lowest BCUT2D eigenvalue weighted by molar-refractivity contribution is 0.379. The third-order valence-corrected chi connectivity index (χ3v) is 1.45. The Bertz CT molecular complexity index is 313. The van der Waals surface area contributed by atoms with Crippen LogP contribution in [0.4, 0.5) is 0 Å². The zero-order valence-electron chi connectivity index (χ0n) is 7.25. The molecule has 4 heteroatoms. The van der Waals surface area contributed by atoms with Gasteiger partial charge in [0, 0.05) is 24.7 Å². The molecule has 0 amide bonds. The van der Waals surface area contributed by atoms with Gasteiger partial charge in [-0.3, -0.25) is 0 Å². The highest BCUT2D eigenvalue weighted by Gasteiger charge is 1.92. The standard InChI is InChI=1S/C9H9ClN2O/c1-13-9-11-6-8(7-12-9)4-2-3-5-10/h6-7H,3,5H2,1H3. The molecule has 1 heterocycles. The monoisotopic (exact) mass is 196 g/mol. The molecule has 1 aromatic heterocycles. The number of hydrogen-bond acceptors (Lipinski definition) is 3. The Morgan fingerprint density at radius 3 is 2.69 bits per heavy atom. The molecule has 0 aliphatic carbocycles. The second-order valence-corrected chi connectivity index (χ2v) is 2.58. The predicted octanol–water partition coefficient (Wildman–Crippen LogP) is 1.47. The highest BCUT2D eigenvalue weighted by Crippen LogP contribution is 1.99. The smallest absolute Gasteiger partial charge is 0.316 e. The SMILES string of the molecule is COc1ncc(C#CCCCl)cn1. The average Bonchev–Trinajstić information content (AvgIpc) is 2.19. The zero-order chi connectivity index (χ0) is 9.52. The van der Waals surface area contributed by atoms with Crippen molar-refractivity contribution in [1.82, 2.24) is 9.97 Å². The van der Waals surface area contributed by atoms with Crippen LogP contribution in [0.3, 0.4) is 0 Å². The molecule has 1 aromatic rings. The van der Waals surface area contributed by atoms with Crippen molar-refractivity contribution >= 4 is 11.6 Å². The van der Waals surface area contributed by atoms with E-state index in [1.165, 1.54) is 7.11 Å². The summed E-state index contributed by atoms with van der Waals surface area (Å²) in [6.07, 6.45) is 3.91. The molecule has 0 saturated heterocycles. The molecule has 68 valence electrons. The van der Waals surface area contributed by atoms with E-state index in [1.54, 1.807) is 12.4 Å². The molecule has 0 aromatic carbocycles. The van der Waals surface area contributed by atoms with Gasteiger partial charge in [0.05, 0.1) is 12.7 Å². The summed E-state index contributed by atoms with van der Waals surface area (Å²) in [7, 11) is 1.52. The lowest BCUT2D eigenvalue weighted by Crippen LogP contribution is -1.91. The van der Waals surface area contributed by atoms with Crippen molar-refractivity contribution in [3.8, 4) is 17.9 Å². The number of halogens is 1. The lowest BCUT2D eigenvalue weighted by Gasteiger charge is -1.94. The van der Waals surface area contributed by atoms with E-state index in [1.807, 2.05) is 0 Å². The Kier molecular flexibility index (Phi) is 4.07. The molecule has 0 saturated carbocycles. The summed E-state index contributed by atoms with van der Waals surface area (Å²) < 4.78 is 4.80. The second-order valence-electron chi connectivity index (χ2n) is 2.20. The number of nitrogens with zero attached hydrogens (tertiary/aromatic N) is 2. The third-order valence-electron chi connectivity index (χ3n) is 1.26. The molecule has 0 aliphatic heterocycles. The van der Waals surface area contributed by atoms with Crippen molar-refractivity contribution in [2.45, 2.75) is 6.42 Å². The van der Waals surface area contributed by atoms with Crippen LogP contribution in [-0.4, -0.2) is 23.0 Å². The maximum atomic E-state index is 5.46. The van der Waals surface area contributed by atoms with Crippen LogP contribution in [0.15, 0.2) is 12.4 Å². The Hall–Kier alpha value is -1.27. The molecule has 0 spiro atoms. The number of ether oxygens (including phenoxy) is 1. The van der Waals surface area contributed by atoms with Crippen LogP contribution in [0.5, 0.6) is 6.01 Å². The Labute approximate surface area is 82.1 Å². The third kappa shape index (κ3) is 3.30. The van der Waals surface area contributed by atoms with Gasteiger partial charge < -0.3 is 4.74 Å². The van der Waals surface area contributed by atoms with Gasteiger partial charge in [-0.1, -0.05) is 11.8 Å². The van der Waals surface area contributed by atoms with Gasteiger partial charge in [-0.2, -0.15) is 0 Å². The fourth-order valence-corrected chi connectivity index (χ4v) is 0.792. The van der Waals surface area contributed by atoms with Crippen LogP contribution < -0.4 is 4.74 Å². The van der Waals surface area contributed by atoms with E-state index in [-0.39, 0.29) is 0 Å². The quantitative estimate of drug-likeness (QED) is 0.531. The normalized spacial score (nSPS) is 8.77. The largest absolute Gasteiger partial charge is 0.467 e. The average molecular weight is 197 g/mol. The van der Waals surface area contributed by atoms with Crippen LogP contribution in [-0.2, 0) is 0 Å². The summed E-state index contributed by atoms with van der Waals surface area (Å²) in [5.74, 6) is 6.31. The highest BCUT2D eigenvalue weighted by molar-refractivity contribution is 6.18. The van der Waals surface area contributed by atoms with E-state index < -0.39 is 0 Å². The first kappa shape index (κ1) is 9.82. The lowest BCUT2D eigenvalue weighted by atomic mass is 10.3. The van der Waals surface area contributed by atoms with Crippen LogP contribution in [0.25, 0.3) is 0 Å². The number of rotatable bonds is 2. The van der Waals surface area contributed by atoms with Crippen LogP contribution >= 0.6 is 11.6 Å². The summed E-state index contributed by atoms with van der Waals surface area (Å²) in [5.41, 5.74) is 0.769. The summed E-state index contributed by atoms with van der Waals surface area (Å²) in [5, 5.41) is 0. The molecule has 0 atom stereocenters. The highest BCUT2D eigenvalue weighted by atomic mass is 35.5. The molecule has 0 fully saturated rings. The minimum Gasteiger partial charge on any atom is -0.467 e. The van der Waals surface area contributed by atoms with Crippen molar-refractivity contribution in [3.05, 3.63) is 18.0 Å². The van der Waals surface area contributed by atoms with Crippen molar-refractivity contribution in [2.24, 2.45) is 0 Å². The second kappa shape index (κ2) is 5.39. The molecule has 0 radical (unpaired) electrons. The maximum Gasteiger partial charge on any atom is 0.316 e. The molecule has 3 nitrogen and oxygen atoms in total. The zero-order valence-corrected chi connectivity index (χ0v) is 8.01. The Morgan fingerprint density at radius 2 is 2.15 bits per heavy atom. The van der Waals surface area contributed by atoms with Gasteiger partial charge in [0.1, 0.15) is 0 Å². The van der Waals surface area contributed by atoms with E-state index in [0.29, 0.717) is 18.3 Å². The minimum atomic E-state index is 0.350. The van der Waals surface area contributed by atoms with Crippen molar-refractivity contribution < 1.29 is 4.74 Å². The Balaban J connectivity index is 2.65. The fraction of sp³-hybridized carbons (Fsp3) is 0.333. The number of aromatic nitrogens is 2. The first-order chi connectivity index (χ1) is 6.36. The van der Waals surface area contributed by atoms with E-state index in [4.69, 9.17) is 16.3 Å². The van der Waals surface area contributed by atoms with E-state index >= 15 is 0 Å². The number of alkyl halides is 1. The summed E-state index contributed by atoms with van der Waals surface area (Å²) in [6, 6.07) is 0.350. The van der Waals surface area contributed by atoms with Crippen molar-refractivity contribution in [3.63, 3.8) is 0 Å². The first-order valence-electron chi connectivity index (χ1n) is 3.77. The van der Waals surface area contributed by atoms with Gasteiger partial charge in [0.15, 0.2) is 0 Å². The number of methoxy groups -OCH3 is 1. The van der Waals surface area contributed by atoms with Gasteiger partial charge in [-0.15, -0.1) is 11.6 Å². The van der Waals surface area contributed by atoms with Gasteiger partial charge in [-0.25, -0.2) is 9.97 Å². The van der Waals surface area contributed by atoms with Gasteiger partial charge in [0.2, 0.25) is 0 Å². The molecule has 0 unspecified atom stereocenters. The van der Waals surface area contributed by atoms with Crippen LogP contribution in [0.1, 0.15) is 12.0 Å². The maximum absolute atomic E-state index is 5.46. The number of hydrogen-bond donors (Lipinski definition) is 0. The van der Waals surface area contributed by atoms with Gasteiger partial charge in [-0.05, 0) is 0 Å². The summed E-state index contributed by atoms with van der Waals surface area (Å²) in [4.78, 5) is 7.81. The van der Waals surface area contributed by atoms with E-state index in [2.05, 4.69) is 21.8 Å². The van der Waals surface area contributed by atoms with Crippen molar-refractivity contribution in [1.29, 1.82) is 0 Å². The van der Waals surface area contributed by atoms with Crippen LogP contribution in [0, 0.1) is 11.8 Å². The first-order valence-corrected chi connectivity index (χ1v) is 4.31. The molecule has 0 N–H and O–H groups in total. The van der Waals surface area contributed by atoms with E-state index in [0.717, 1.165) is 5.56 Å². The van der Waals surface area contributed by atoms with Gasteiger partial charge >= 0.3 is 6.01 Å². The predicted molar refractivity (Wildman–Crippen MR) is 50.8 cm³/mol. The molecule has 0 aliphatic rings. The van der Waals surface area contributed by atoms with Gasteiger partial charge in [0.25, 0.3) is 0 Å².